The van der Waals surface area contributed by atoms with Gasteiger partial charge >= 0.3 is 0 Å². The van der Waals surface area contributed by atoms with Crippen molar-refractivity contribution in [3.63, 3.8) is 0 Å². The van der Waals surface area contributed by atoms with E-state index in [1.54, 1.807) is 43.5 Å². The Labute approximate surface area is 130 Å². The molecule has 0 heterocycles. The Bertz CT molecular complexity index is 632. The van der Waals surface area contributed by atoms with Gasteiger partial charge in [0.25, 0.3) is 0 Å². The molecule has 0 aliphatic rings. The van der Waals surface area contributed by atoms with Crippen LogP contribution in [0.3, 0.4) is 0 Å². The molecule has 0 unspecified atom stereocenters. The first-order valence-electron chi connectivity index (χ1n) is 6.21. The molecule has 2 aromatic carbocycles. The summed E-state index contributed by atoms with van der Waals surface area (Å²) in [7, 11) is 1.57. The molecular formula is C15H14BrFN2O2. The Morgan fingerprint density at radius 1 is 1.24 bits per heavy atom. The number of carbonyl (C=O) groups is 1. The zero-order chi connectivity index (χ0) is 15.2. The van der Waals surface area contributed by atoms with Crippen molar-refractivity contribution >= 4 is 33.2 Å². The van der Waals surface area contributed by atoms with E-state index in [9.17, 15) is 9.18 Å². The minimum atomic E-state index is -0.407. The summed E-state index contributed by atoms with van der Waals surface area (Å²) in [6.45, 7) is -0.0284. The van der Waals surface area contributed by atoms with E-state index in [1.165, 1.54) is 6.07 Å². The number of hydrogen-bond acceptors (Lipinski definition) is 3. The van der Waals surface area contributed by atoms with Gasteiger partial charge in [-0.3, -0.25) is 4.79 Å². The van der Waals surface area contributed by atoms with Gasteiger partial charge in [-0.05, 0) is 42.5 Å². The second-order valence-electron chi connectivity index (χ2n) is 4.25. The van der Waals surface area contributed by atoms with E-state index in [0.29, 0.717) is 11.4 Å². The van der Waals surface area contributed by atoms with Crippen LogP contribution < -0.4 is 15.4 Å². The van der Waals surface area contributed by atoms with Crippen LogP contribution in [-0.2, 0) is 4.79 Å². The Balaban J connectivity index is 1.91. The molecule has 21 heavy (non-hydrogen) atoms. The van der Waals surface area contributed by atoms with Gasteiger partial charge in [-0.2, -0.15) is 0 Å². The predicted octanol–water partition coefficient (Wildman–Crippen LogP) is 3.65. The maximum Gasteiger partial charge on any atom is 0.243 e. The monoisotopic (exact) mass is 352 g/mol. The van der Waals surface area contributed by atoms with Crippen molar-refractivity contribution in [1.29, 1.82) is 0 Å². The number of rotatable bonds is 5. The molecule has 0 aliphatic heterocycles. The standard InChI is InChI=1S/C15H14BrFN2O2/c1-21-12-5-3-11(4-6-12)19-15(20)9-18-14-8-10(16)2-7-13(14)17/h2-8,18H,9H2,1H3,(H,19,20). The Morgan fingerprint density at radius 3 is 2.62 bits per heavy atom. The minimum absolute atomic E-state index is 0.0284. The number of halogens is 2. The van der Waals surface area contributed by atoms with Gasteiger partial charge in [0.15, 0.2) is 0 Å². The molecule has 0 atom stereocenters. The lowest BCUT2D eigenvalue weighted by molar-refractivity contribution is -0.114. The summed E-state index contributed by atoms with van der Waals surface area (Å²) >= 11 is 3.25. The largest absolute Gasteiger partial charge is 0.497 e. The van der Waals surface area contributed by atoms with Crippen LogP contribution in [0, 0.1) is 5.82 Å². The van der Waals surface area contributed by atoms with Crippen LogP contribution in [0.25, 0.3) is 0 Å². The third-order valence-corrected chi connectivity index (χ3v) is 3.23. The molecule has 0 aromatic heterocycles. The number of carbonyl (C=O) groups excluding carboxylic acids is 1. The number of benzene rings is 2. The quantitative estimate of drug-likeness (QED) is 0.863. The molecule has 2 N–H and O–H groups in total. The summed E-state index contributed by atoms with van der Waals surface area (Å²) in [5.74, 6) is 0.0392. The second kappa shape index (κ2) is 7.08. The fourth-order valence-corrected chi connectivity index (χ4v) is 2.05. The molecule has 6 heteroatoms. The lowest BCUT2D eigenvalue weighted by atomic mass is 10.3. The molecule has 0 saturated carbocycles. The minimum Gasteiger partial charge on any atom is -0.497 e. The van der Waals surface area contributed by atoms with Crippen LogP contribution in [0.2, 0.25) is 0 Å². The van der Waals surface area contributed by atoms with E-state index in [1.807, 2.05) is 0 Å². The first kappa shape index (κ1) is 15.3. The molecule has 1 amide bonds. The third kappa shape index (κ3) is 4.46. The highest BCUT2D eigenvalue weighted by molar-refractivity contribution is 9.10. The summed E-state index contributed by atoms with van der Waals surface area (Å²) in [5.41, 5.74) is 0.923. The van der Waals surface area contributed by atoms with E-state index >= 15 is 0 Å². The fourth-order valence-electron chi connectivity index (χ4n) is 1.69. The predicted molar refractivity (Wildman–Crippen MR) is 84.2 cm³/mol. The Hall–Kier alpha value is -2.08. The molecule has 0 radical (unpaired) electrons. The van der Waals surface area contributed by atoms with Crippen LogP contribution in [-0.4, -0.2) is 19.6 Å². The second-order valence-corrected chi connectivity index (χ2v) is 5.17. The average Bonchev–Trinajstić information content (AvgIpc) is 2.49. The summed E-state index contributed by atoms with van der Waals surface area (Å²) < 4.78 is 19.3. The molecule has 0 spiro atoms. The highest BCUT2D eigenvalue weighted by Crippen LogP contribution is 2.20. The first-order chi connectivity index (χ1) is 10.1. The third-order valence-electron chi connectivity index (χ3n) is 2.74. The topological polar surface area (TPSA) is 50.4 Å². The molecule has 2 aromatic rings. The van der Waals surface area contributed by atoms with Crippen molar-refractivity contribution in [2.24, 2.45) is 0 Å². The number of nitrogens with one attached hydrogen (secondary N) is 2. The highest BCUT2D eigenvalue weighted by atomic mass is 79.9. The molecule has 0 aliphatic carbocycles. The van der Waals surface area contributed by atoms with Gasteiger partial charge in [0.2, 0.25) is 5.91 Å². The number of methoxy groups -OCH3 is 1. The van der Waals surface area contributed by atoms with Gasteiger partial charge in [0.1, 0.15) is 11.6 Å². The normalized spacial score (nSPS) is 10.0. The SMILES string of the molecule is COc1ccc(NC(=O)CNc2cc(Br)ccc2F)cc1. The van der Waals surface area contributed by atoms with Crippen LogP contribution in [0.5, 0.6) is 5.75 Å². The summed E-state index contributed by atoms with van der Waals surface area (Å²) in [4.78, 5) is 11.8. The van der Waals surface area contributed by atoms with Crippen molar-refractivity contribution in [1.82, 2.24) is 0 Å². The van der Waals surface area contributed by atoms with Crippen LogP contribution in [0.4, 0.5) is 15.8 Å². The van der Waals surface area contributed by atoms with E-state index in [2.05, 4.69) is 26.6 Å². The van der Waals surface area contributed by atoms with E-state index in [4.69, 9.17) is 4.74 Å². The lowest BCUT2D eigenvalue weighted by Crippen LogP contribution is -2.22. The van der Waals surface area contributed by atoms with Gasteiger partial charge < -0.3 is 15.4 Å². The molecule has 0 fully saturated rings. The van der Waals surface area contributed by atoms with E-state index < -0.39 is 5.82 Å². The highest BCUT2D eigenvalue weighted by Gasteiger charge is 2.06. The van der Waals surface area contributed by atoms with Crippen LogP contribution >= 0.6 is 15.9 Å². The smallest absolute Gasteiger partial charge is 0.243 e. The summed E-state index contributed by atoms with van der Waals surface area (Å²) in [5, 5.41) is 5.46. The van der Waals surface area contributed by atoms with Crippen molar-refractivity contribution in [3.05, 3.63) is 52.8 Å². The average molecular weight is 353 g/mol. The van der Waals surface area contributed by atoms with Gasteiger partial charge in [0.05, 0.1) is 19.3 Å². The van der Waals surface area contributed by atoms with Gasteiger partial charge in [-0.1, -0.05) is 15.9 Å². The lowest BCUT2D eigenvalue weighted by Gasteiger charge is -2.09. The maximum absolute atomic E-state index is 13.5. The van der Waals surface area contributed by atoms with Crippen molar-refractivity contribution in [3.8, 4) is 5.75 Å². The van der Waals surface area contributed by atoms with E-state index in [-0.39, 0.29) is 18.1 Å². The Kier molecular flexibility index (Phi) is 5.16. The molecular weight excluding hydrogens is 339 g/mol. The number of hydrogen-bond donors (Lipinski definition) is 2. The molecule has 110 valence electrons. The van der Waals surface area contributed by atoms with E-state index in [0.717, 1.165) is 4.47 Å². The van der Waals surface area contributed by atoms with Gasteiger partial charge in [0, 0.05) is 10.2 Å². The molecule has 0 bridgehead atoms. The number of anilines is 2. The fraction of sp³-hybridized carbons (Fsp3) is 0.133. The van der Waals surface area contributed by atoms with Crippen molar-refractivity contribution < 1.29 is 13.9 Å². The summed E-state index contributed by atoms with van der Waals surface area (Å²) in [6.07, 6.45) is 0. The zero-order valence-corrected chi connectivity index (χ0v) is 12.9. The van der Waals surface area contributed by atoms with Crippen molar-refractivity contribution in [2.75, 3.05) is 24.3 Å². The van der Waals surface area contributed by atoms with Gasteiger partial charge in [-0.25, -0.2) is 4.39 Å². The first-order valence-corrected chi connectivity index (χ1v) is 7.00. The molecule has 0 saturated heterocycles. The molecule has 4 nitrogen and oxygen atoms in total. The summed E-state index contributed by atoms with van der Waals surface area (Å²) in [6, 6.07) is 11.5. The molecule has 2 rings (SSSR count). The van der Waals surface area contributed by atoms with Crippen LogP contribution in [0.1, 0.15) is 0 Å². The van der Waals surface area contributed by atoms with Crippen LogP contribution in [0.15, 0.2) is 46.9 Å². The maximum atomic E-state index is 13.5. The zero-order valence-electron chi connectivity index (χ0n) is 11.3. The van der Waals surface area contributed by atoms with Crippen molar-refractivity contribution in [2.45, 2.75) is 0 Å². The number of ether oxygens (including phenoxy) is 1. The Morgan fingerprint density at radius 2 is 1.95 bits per heavy atom. The number of amides is 1. The van der Waals surface area contributed by atoms with Gasteiger partial charge in [-0.15, -0.1) is 0 Å².